The van der Waals surface area contributed by atoms with E-state index in [1.165, 1.54) is 6.26 Å². The monoisotopic (exact) mass is 422 g/mol. The molecule has 0 saturated carbocycles. The van der Waals surface area contributed by atoms with E-state index in [1.54, 1.807) is 62.4 Å². The SMILES string of the molecule is CCOc1ccc(OC(C)(C)C(=O)NCc2ccc(NC(=O)c3ccco3)cc2)cc1. The van der Waals surface area contributed by atoms with Crippen molar-refractivity contribution in [3.63, 3.8) is 0 Å². The topological polar surface area (TPSA) is 89.8 Å². The van der Waals surface area contributed by atoms with E-state index < -0.39 is 5.60 Å². The Balaban J connectivity index is 1.51. The van der Waals surface area contributed by atoms with Crippen molar-refractivity contribution >= 4 is 17.5 Å². The highest BCUT2D eigenvalue weighted by atomic mass is 16.5. The van der Waals surface area contributed by atoms with Crippen LogP contribution in [0.4, 0.5) is 5.69 Å². The van der Waals surface area contributed by atoms with Crippen molar-refractivity contribution in [1.82, 2.24) is 5.32 Å². The number of carbonyl (C=O) groups excluding carboxylic acids is 2. The molecule has 0 bridgehead atoms. The van der Waals surface area contributed by atoms with E-state index in [0.29, 0.717) is 24.6 Å². The van der Waals surface area contributed by atoms with E-state index in [9.17, 15) is 9.59 Å². The second-order valence-corrected chi connectivity index (χ2v) is 7.33. The molecule has 0 spiro atoms. The summed E-state index contributed by atoms with van der Waals surface area (Å²) in [6.45, 7) is 6.27. The molecule has 0 aliphatic heterocycles. The maximum absolute atomic E-state index is 12.6. The van der Waals surface area contributed by atoms with Gasteiger partial charge in [-0.25, -0.2) is 0 Å². The molecule has 0 radical (unpaired) electrons. The van der Waals surface area contributed by atoms with Crippen LogP contribution in [0.1, 0.15) is 36.9 Å². The molecular formula is C24H26N2O5. The molecule has 31 heavy (non-hydrogen) atoms. The standard InChI is InChI=1S/C24H26N2O5/c1-4-29-19-11-13-20(14-12-19)31-24(2,3)23(28)25-16-17-7-9-18(10-8-17)26-22(27)21-6-5-15-30-21/h5-15H,4,16H2,1-3H3,(H,25,28)(H,26,27). The van der Waals surface area contributed by atoms with Crippen LogP contribution in [-0.4, -0.2) is 24.0 Å². The molecule has 0 aliphatic rings. The van der Waals surface area contributed by atoms with Crippen molar-refractivity contribution in [3.8, 4) is 11.5 Å². The molecule has 0 saturated heterocycles. The predicted octanol–water partition coefficient (Wildman–Crippen LogP) is 4.40. The summed E-state index contributed by atoms with van der Waals surface area (Å²) in [5, 5.41) is 5.63. The molecule has 0 atom stereocenters. The van der Waals surface area contributed by atoms with Crippen LogP contribution in [0.25, 0.3) is 0 Å². The largest absolute Gasteiger partial charge is 0.494 e. The fourth-order valence-corrected chi connectivity index (χ4v) is 2.81. The molecule has 3 aromatic rings. The highest BCUT2D eigenvalue weighted by Gasteiger charge is 2.29. The lowest BCUT2D eigenvalue weighted by atomic mass is 10.1. The van der Waals surface area contributed by atoms with Crippen LogP contribution in [0.2, 0.25) is 0 Å². The third-order valence-corrected chi connectivity index (χ3v) is 4.46. The highest BCUT2D eigenvalue weighted by molar-refractivity contribution is 6.02. The maximum Gasteiger partial charge on any atom is 0.291 e. The van der Waals surface area contributed by atoms with Gasteiger partial charge in [-0.05, 0) is 74.9 Å². The molecule has 1 heterocycles. The Kier molecular flexibility index (Phi) is 6.97. The third kappa shape index (κ3) is 6.12. The Morgan fingerprint density at radius 1 is 0.968 bits per heavy atom. The fourth-order valence-electron chi connectivity index (χ4n) is 2.81. The van der Waals surface area contributed by atoms with Gasteiger partial charge in [-0.15, -0.1) is 0 Å². The van der Waals surface area contributed by atoms with Crippen molar-refractivity contribution < 1.29 is 23.5 Å². The summed E-state index contributed by atoms with van der Waals surface area (Å²) in [6, 6.07) is 17.6. The van der Waals surface area contributed by atoms with E-state index in [4.69, 9.17) is 13.9 Å². The van der Waals surface area contributed by atoms with Crippen LogP contribution in [0.5, 0.6) is 11.5 Å². The summed E-state index contributed by atoms with van der Waals surface area (Å²) in [5.41, 5.74) is 0.473. The van der Waals surface area contributed by atoms with Gasteiger partial charge in [0.05, 0.1) is 12.9 Å². The molecule has 0 fully saturated rings. The molecule has 0 aliphatic carbocycles. The highest BCUT2D eigenvalue weighted by Crippen LogP contribution is 2.22. The summed E-state index contributed by atoms with van der Waals surface area (Å²) >= 11 is 0. The van der Waals surface area contributed by atoms with Gasteiger partial charge in [-0.2, -0.15) is 0 Å². The number of hydrogen-bond acceptors (Lipinski definition) is 5. The molecule has 2 aromatic carbocycles. The van der Waals surface area contributed by atoms with E-state index in [-0.39, 0.29) is 17.6 Å². The normalized spacial score (nSPS) is 10.9. The first kappa shape index (κ1) is 22.0. The van der Waals surface area contributed by atoms with Gasteiger partial charge in [0.15, 0.2) is 11.4 Å². The minimum atomic E-state index is -1.05. The lowest BCUT2D eigenvalue weighted by molar-refractivity contribution is -0.134. The summed E-state index contributed by atoms with van der Waals surface area (Å²) in [5.74, 6) is 1.02. The fraction of sp³-hybridized carbons (Fsp3) is 0.250. The van der Waals surface area contributed by atoms with Crippen molar-refractivity contribution in [1.29, 1.82) is 0 Å². The van der Waals surface area contributed by atoms with Gasteiger partial charge in [0.25, 0.3) is 11.8 Å². The predicted molar refractivity (Wildman–Crippen MR) is 117 cm³/mol. The van der Waals surface area contributed by atoms with Crippen LogP contribution in [-0.2, 0) is 11.3 Å². The Labute approximate surface area is 181 Å². The molecule has 0 unspecified atom stereocenters. The smallest absolute Gasteiger partial charge is 0.291 e. The minimum Gasteiger partial charge on any atom is -0.494 e. The number of rotatable bonds is 9. The van der Waals surface area contributed by atoms with E-state index in [0.717, 1.165) is 11.3 Å². The lowest BCUT2D eigenvalue weighted by Crippen LogP contribution is -2.46. The number of nitrogens with one attached hydrogen (secondary N) is 2. The number of hydrogen-bond donors (Lipinski definition) is 2. The van der Waals surface area contributed by atoms with Crippen molar-refractivity contribution in [2.75, 3.05) is 11.9 Å². The Bertz CT molecular complexity index is 993. The van der Waals surface area contributed by atoms with E-state index in [1.807, 2.05) is 19.1 Å². The minimum absolute atomic E-state index is 0.239. The van der Waals surface area contributed by atoms with Crippen LogP contribution < -0.4 is 20.1 Å². The number of benzene rings is 2. The van der Waals surface area contributed by atoms with Crippen LogP contribution >= 0.6 is 0 Å². The molecule has 2 amide bonds. The first-order valence-electron chi connectivity index (χ1n) is 10.0. The van der Waals surface area contributed by atoms with Gasteiger partial charge in [0.2, 0.25) is 0 Å². The summed E-state index contributed by atoms with van der Waals surface area (Å²) < 4.78 is 16.3. The number of carbonyl (C=O) groups is 2. The van der Waals surface area contributed by atoms with E-state index >= 15 is 0 Å². The summed E-state index contributed by atoms with van der Waals surface area (Å²) in [7, 11) is 0. The first-order valence-corrected chi connectivity index (χ1v) is 10.0. The molecule has 2 N–H and O–H groups in total. The van der Waals surface area contributed by atoms with Gasteiger partial charge in [0, 0.05) is 12.2 Å². The zero-order chi connectivity index (χ0) is 22.3. The quantitative estimate of drug-likeness (QED) is 0.533. The van der Waals surface area contributed by atoms with E-state index in [2.05, 4.69) is 10.6 Å². The molecule has 3 rings (SSSR count). The Morgan fingerprint density at radius 2 is 1.65 bits per heavy atom. The average molecular weight is 422 g/mol. The average Bonchev–Trinajstić information content (AvgIpc) is 3.29. The number of furan rings is 1. The summed E-state index contributed by atoms with van der Waals surface area (Å²) in [4.78, 5) is 24.6. The second-order valence-electron chi connectivity index (χ2n) is 7.33. The van der Waals surface area contributed by atoms with Crippen molar-refractivity contribution in [2.24, 2.45) is 0 Å². The van der Waals surface area contributed by atoms with Crippen molar-refractivity contribution in [2.45, 2.75) is 32.9 Å². The number of ether oxygens (including phenoxy) is 2. The Hall–Kier alpha value is -3.74. The van der Waals surface area contributed by atoms with Gasteiger partial charge in [-0.1, -0.05) is 12.1 Å². The molecule has 7 nitrogen and oxygen atoms in total. The Morgan fingerprint density at radius 3 is 2.26 bits per heavy atom. The molecule has 1 aromatic heterocycles. The van der Waals surface area contributed by atoms with Gasteiger partial charge in [0.1, 0.15) is 11.5 Å². The van der Waals surface area contributed by atoms with Crippen LogP contribution in [0.15, 0.2) is 71.3 Å². The molecular weight excluding hydrogens is 396 g/mol. The second kappa shape index (κ2) is 9.84. The first-order chi connectivity index (χ1) is 14.9. The number of anilines is 1. The van der Waals surface area contributed by atoms with Gasteiger partial charge in [-0.3, -0.25) is 9.59 Å². The lowest BCUT2D eigenvalue weighted by Gasteiger charge is -2.25. The summed E-state index contributed by atoms with van der Waals surface area (Å²) in [6.07, 6.45) is 1.45. The van der Waals surface area contributed by atoms with Gasteiger partial charge < -0.3 is 24.5 Å². The zero-order valence-electron chi connectivity index (χ0n) is 17.8. The third-order valence-electron chi connectivity index (χ3n) is 4.46. The zero-order valence-corrected chi connectivity index (χ0v) is 17.8. The number of amides is 2. The maximum atomic E-state index is 12.6. The van der Waals surface area contributed by atoms with Gasteiger partial charge >= 0.3 is 0 Å². The molecule has 7 heteroatoms. The molecule has 162 valence electrons. The van der Waals surface area contributed by atoms with Crippen LogP contribution in [0, 0.1) is 0 Å². The van der Waals surface area contributed by atoms with Crippen LogP contribution in [0.3, 0.4) is 0 Å². The van der Waals surface area contributed by atoms with Crippen molar-refractivity contribution in [3.05, 3.63) is 78.3 Å².